The van der Waals surface area contributed by atoms with Crippen LogP contribution in [0, 0.1) is 0 Å². The first-order valence-electron chi connectivity index (χ1n) is 8.48. The van der Waals surface area contributed by atoms with E-state index in [9.17, 15) is 14.4 Å². The molecular formula is C17H24BrN3O3S. The van der Waals surface area contributed by atoms with Crippen LogP contribution in [0.3, 0.4) is 0 Å². The van der Waals surface area contributed by atoms with Gasteiger partial charge >= 0.3 is 0 Å². The van der Waals surface area contributed by atoms with E-state index in [0.29, 0.717) is 24.4 Å². The largest absolute Gasteiger partial charge is 0.352 e. The van der Waals surface area contributed by atoms with Crippen LogP contribution in [0.25, 0.3) is 0 Å². The van der Waals surface area contributed by atoms with E-state index in [2.05, 4.69) is 21.2 Å². The van der Waals surface area contributed by atoms with Gasteiger partial charge in [-0.2, -0.15) is 0 Å². The molecule has 138 valence electrons. The Morgan fingerprint density at radius 3 is 2.80 bits per heavy atom. The Balaban J connectivity index is 1.86. The Bertz CT molecular complexity index is 634. The third-order valence-corrected chi connectivity index (χ3v) is 5.73. The molecule has 0 aromatic carbocycles. The lowest BCUT2D eigenvalue weighted by atomic mass is 10.1. The topological polar surface area (TPSA) is 69.7 Å². The molecule has 2 heterocycles. The van der Waals surface area contributed by atoms with Gasteiger partial charge in [0.15, 0.2) is 0 Å². The van der Waals surface area contributed by atoms with Crippen LogP contribution >= 0.6 is 27.3 Å². The predicted octanol–water partition coefficient (Wildman–Crippen LogP) is 2.49. The molecule has 2 rings (SSSR count). The normalized spacial score (nSPS) is 17.2. The fourth-order valence-electron chi connectivity index (χ4n) is 2.84. The van der Waals surface area contributed by atoms with Crippen LogP contribution in [0.1, 0.15) is 42.3 Å². The molecule has 1 saturated heterocycles. The number of thiophene rings is 1. The molecular weight excluding hydrogens is 406 g/mol. The standard InChI is InChI=1S/C17H24BrN3O3S/c1-3-5-15(22)19-12-6-4-9-21(10-12)16(23)11-20(2)17(24)13-7-8-14(18)25-13/h7-8,12H,3-6,9-11H2,1-2H3,(H,19,22). The summed E-state index contributed by atoms with van der Waals surface area (Å²) in [7, 11) is 1.64. The third-order valence-electron chi connectivity index (χ3n) is 4.12. The number of halogens is 1. The molecule has 25 heavy (non-hydrogen) atoms. The summed E-state index contributed by atoms with van der Waals surface area (Å²) in [6, 6.07) is 3.58. The van der Waals surface area contributed by atoms with Gasteiger partial charge in [0, 0.05) is 32.6 Å². The molecule has 1 aliphatic rings. The quantitative estimate of drug-likeness (QED) is 0.754. The first-order valence-corrected chi connectivity index (χ1v) is 10.1. The Kier molecular flexibility index (Phi) is 7.43. The summed E-state index contributed by atoms with van der Waals surface area (Å²) in [6.45, 7) is 3.20. The van der Waals surface area contributed by atoms with E-state index in [-0.39, 0.29) is 30.3 Å². The van der Waals surface area contributed by atoms with E-state index < -0.39 is 0 Å². The smallest absolute Gasteiger partial charge is 0.264 e. The monoisotopic (exact) mass is 429 g/mol. The zero-order valence-electron chi connectivity index (χ0n) is 14.6. The van der Waals surface area contributed by atoms with Crippen molar-refractivity contribution < 1.29 is 14.4 Å². The number of nitrogens with one attached hydrogen (secondary N) is 1. The minimum absolute atomic E-state index is 0.00556. The summed E-state index contributed by atoms with van der Waals surface area (Å²) in [6.07, 6.45) is 3.07. The number of piperidine rings is 1. The van der Waals surface area contributed by atoms with E-state index in [1.54, 1.807) is 18.0 Å². The van der Waals surface area contributed by atoms with Crippen molar-refractivity contribution in [1.82, 2.24) is 15.1 Å². The summed E-state index contributed by atoms with van der Waals surface area (Å²) in [4.78, 5) is 40.4. The van der Waals surface area contributed by atoms with E-state index in [4.69, 9.17) is 0 Å². The van der Waals surface area contributed by atoms with Crippen LogP contribution in [0.2, 0.25) is 0 Å². The van der Waals surface area contributed by atoms with Gasteiger partial charge in [0.25, 0.3) is 5.91 Å². The maximum absolute atomic E-state index is 12.5. The second-order valence-corrected chi connectivity index (χ2v) is 8.72. The van der Waals surface area contributed by atoms with E-state index in [1.807, 2.05) is 13.0 Å². The van der Waals surface area contributed by atoms with Crippen LogP contribution in [-0.4, -0.2) is 60.2 Å². The van der Waals surface area contributed by atoms with Crippen molar-refractivity contribution >= 4 is 45.0 Å². The number of hydrogen-bond acceptors (Lipinski definition) is 4. The van der Waals surface area contributed by atoms with Crippen LogP contribution in [-0.2, 0) is 9.59 Å². The first kappa shape index (κ1) is 19.9. The van der Waals surface area contributed by atoms with Crippen molar-refractivity contribution in [2.75, 3.05) is 26.7 Å². The number of hydrogen-bond donors (Lipinski definition) is 1. The molecule has 0 spiro atoms. The molecule has 1 aromatic heterocycles. The minimum Gasteiger partial charge on any atom is -0.352 e. The van der Waals surface area contributed by atoms with Gasteiger partial charge in [0.2, 0.25) is 11.8 Å². The molecule has 3 amide bonds. The van der Waals surface area contributed by atoms with Gasteiger partial charge < -0.3 is 15.1 Å². The van der Waals surface area contributed by atoms with Crippen molar-refractivity contribution in [3.05, 3.63) is 20.8 Å². The number of nitrogens with zero attached hydrogens (tertiary/aromatic N) is 2. The molecule has 1 aromatic rings. The van der Waals surface area contributed by atoms with Crippen LogP contribution in [0.15, 0.2) is 15.9 Å². The predicted molar refractivity (Wildman–Crippen MR) is 102 cm³/mol. The van der Waals surface area contributed by atoms with E-state index >= 15 is 0 Å². The molecule has 1 aliphatic heterocycles. The highest BCUT2D eigenvalue weighted by atomic mass is 79.9. The van der Waals surface area contributed by atoms with Gasteiger partial charge in [0.05, 0.1) is 15.2 Å². The lowest BCUT2D eigenvalue weighted by molar-refractivity contribution is -0.134. The van der Waals surface area contributed by atoms with Crippen molar-refractivity contribution in [2.45, 2.75) is 38.6 Å². The molecule has 1 fully saturated rings. The fraction of sp³-hybridized carbons (Fsp3) is 0.588. The first-order chi connectivity index (χ1) is 11.9. The average molecular weight is 430 g/mol. The fourth-order valence-corrected chi connectivity index (χ4v) is 4.22. The number of rotatable bonds is 6. The average Bonchev–Trinajstić information content (AvgIpc) is 3.01. The Labute approximate surface area is 160 Å². The summed E-state index contributed by atoms with van der Waals surface area (Å²) in [5.74, 6) is -0.202. The second kappa shape index (κ2) is 9.33. The highest BCUT2D eigenvalue weighted by molar-refractivity contribution is 9.11. The summed E-state index contributed by atoms with van der Waals surface area (Å²) in [5, 5.41) is 2.99. The molecule has 1 unspecified atom stereocenters. The lowest BCUT2D eigenvalue weighted by Gasteiger charge is -2.34. The molecule has 1 atom stereocenters. The van der Waals surface area contributed by atoms with Crippen LogP contribution in [0.5, 0.6) is 0 Å². The Morgan fingerprint density at radius 1 is 1.40 bits per heavy atom. The maximum atomic E-state index is 12.5. The lowest BCUT2D eigenvalue weighted by Crippen LogP contribution is -2.51. The van der Waals surface area contributed by atoms with E-state index in [0.717, 1.165) is 23.0 Å². The highest BCUT2D eigenvalue weighted by Gasteiger charge is 2.26. The number of amides is 3. The van der Waals surface area contributed by atoms with Crippen LogP contribution in [0.4, 0.5) is 0 Å². The van der Waals surface area contributed by atoms with Gasteiger partial charge in [-0.3, -0.25) is 14.4 Å². The summed E-state index contributed by atoms with van der Waals surface area (Å²) in [5.41, 5.74) is 0. The zero-order chi connectivity index (χ0) is 18.4. The Hall–Kier alpha value is -1.41. The molecule has 0 saturated carbocycles. The second-order valence-electron chi connectivity index (χ2n) is 6.26. The van der Waals surface area contributed by atoms with Crippen molar-refractivity contribution in [1.29, 1.82) is 0 Å². The van der Waals surface area contributed by atoms with Crippen molar-refractivity contribution in [2.24, 2.45) is 0 Å². The SMILES string of the molecule is CCCC(=O)NC1CCCN(C(=O)CN(C)C(=O)c2ccc(Br)s2)C1. The Morgan fingerprint density at radius 2 is 2.16 bits per heavy atom. The van der Waals surface area contributed by atoms with Gasteiger partial charge in [-0.15, -0.1) is 11.3 Å². The third kappa shape index (κ3) is 5.81. The molecule has 8 heteroatoms. The minimum atomic E-state index is -0.158. The molecule has 1 N–H and O–H groups in total. The number of likely N-dealkylation sites (tertiary alicyclic amines) is 1. The zero-order valence-corrected chi connectivity index (χ0v) is 17.0. The van der Waals surface area contributed by atoms with Crippen molar-refractivity contribution in [3.8, 4) is 0 Å². The van der Waals surface area contributed by atoms with Gasteiger partial charge in [-0.25, -0.2) is 0 Å². The highest BCUT2D eigenvalue weighted by Crippen LogP contribution is 2.23. The number of likely N-dealkylation sites (N-methyl/N-ethyl adjacent to an activating group) is 1. The van der Waals surface area contributed by atoms with Gasteiger partial charge in [-0.1, -0.05) is 6.92 Å². The van der Waals surface area contributed by atoms with Gasteiger partial charge in [0.1, 0.15) is 0 Å². The van der Waals surface area contributed by atoms with Crippen LogP contribution < -0.4 is 5.32 Å². The number of carbonyl (C=O) groups is 3. The maximum Gasteiger partial charge on any atom is 0.264 e. The number of carbonyl (C=O) groups excluding carboxylic acids is 3. The van der Waals surface area contributed by atoms with E-state index in [1.165, 1.54) is 16.2 Å². The summed E-state index contributed by atoms with van der Waals surface area (Å²) < 4.78 is 0.886. The molecule has 0 aliphatic carbocycles. The summed E-state index contributed by atoms with van der Waals surface area (Å²) >= 11 is 4.69. The molecule has 0 bridgehead atoms. The molecule has 6 nitrogen and oxygen atoms in total. The molecule has 0 radical (unpaired) electrons. The van der Waals surface area contributed by atoms with Crippen molar-refractivity contribution in [3.63, 3.8) is 0 Å². The van der Waals surface area contributed by atoms with Gasteiger partial charge in [-0.05, 0) is 47.3 Å².